The molecule has 1 aliphatic heterocycles. The number of nitrogens with zero attached hydrogens (tertiary/aromatic N) is 3. The molecule has 0 N–H and O–H groups in total. The Hall–Kier alpha value is -3.53. The van der Waals surface area contributed by atoms with E-state index in [0.717, 1.165) is 37.2 Å². The molecule has 0 unspecified atom stereocenters. The zero-order valence-electron chi connectivity index (χ0n) is 17.8. The second-order valence-electron chi connectivity index (χ2n) is 7.33. The Morgan fingerprint density at radius 2 is 1.94 bits per heavy atom. The molecule has 162 valence electrons. The lowest BCUT2D eigenvalue weighted by atomic mass is 10.0. The van der Waals surface area contributed by atoms with Crippen LogP contribution < -0.4 is 14.4 Å². The Balaban J connectivity index is 1.56. The van der Waals surface area contributed by atoms with Crippen molar-refractivity contribution in [2.45, 2.75) is 18.9 Å². The Morgan fingerprint density at radius 1 is 1.23 bits per heavy atom. The summed E-state index contributed by atoms with van der Waals surface area (Å²) < 4.78 is 23.7. The standard InChI is InChI=1S/C24H26FN3O3/c1-27(20-11-14-28(15-12-20)21-7-5-19(25)6-8-21)24(29)10-4-18-3-9-22(31-16-13-26)23(17-18)30-2/h3-10,17,20H,11-12,14-16H2,1-2H3/b10-4+. The van der Waals surface area contributed by atoms with E-state index in [9.17, 15) is 9.18 Å². The predicted molar refractivity (Wildman–Crippen MR) is 118 cm³/mol. The number of hydrogen-bond donors (Lipinski definition) is 0. The van der Waals surface area contributed by atoms with E-state index in [-0.39, 0.29) is 24.4 Å². The summed E-state index contributed by atoms with van der Waals surface area (Å²) in [4.78, 5) is 16.7. The first-order valence-corrected chi connectivity index (χ1v) is 10.1. The maximum Gasteiger partial charge on any atom is 0.246 e. The van der Waals surface area contributed by atoms with Gasteiger partial charge < -0.3 is 19.3 Å². The normalized spacial score (nSPS) is 14.3. The fourth-order valence-electron chi connectivity index (χ4n) is 3.65. The molecule has 6 nitrogen and oxygen atoms in total. The van der Waals surface area contributed by atoms with E-state index in [1.807, 2.05) is 13.1 Å². The Bertz CT molecular complexity index is 961. The van der Waals surface area contributed by atoms with Crippen LogP contribution in [0.5, 0.6) is 11.5 Å². The van der Waals surface area contributed by atoms with E-state index in [2.05, 4.69) is 4.90 Å². The van der Waals surface area contributed by atoms with Crippen LogP contribution in [0.4, 0.5) is 10.1 Å². The summed E-state index contributed by atoms with van der Waals surface area (Å²) in [6.45, 7) is 1.58. The van der Waals surface area contributed by atoms with Gasteiger partial charge >= 0.3 is 0 Å². The van der Waals surface area contributed by atoms with Crippen molar-refractivity contribution >= 4 is 17.7 Å². The average molecular weight is 423 g/mol. The largest absolute Gasteiger partial charge is 0.493 e. The molecule has 1 fully saturated rings. The van der Waals surface area contributed by atoms with Gasteiger partial charge in [0.15, 0.2) is 18.1 Å². The van der Waals surface area contributed by atoms with E-state index in [4.69, 9.17) is 14.7 Å². The topological polar surface area (TPSA) is 65.8 Å². The lowest BCUT2D eigenvalue weighted by Crippen LogP contribution is -2.45. The van der Waals surface area contributed by atoms with Gasteiger partial charge in [-0.05, 0) is 60.9 Å². The molecule has 0 spiro atoms. The van der Waals surface area contributed by atoms with Gasteiger partial charge in [0, 0.05) is 37.9 Å². The first-order valence-electron chi connectivity index (χ1n) is 10.1. The molecule has 0 atom stereocenters. The molecule has 2 aromatic carbocycles. The predicted octanol–water partition coefficient (Wildman–Crippen LogP) is 3.88. The summed E-state index contributed by atoms with van der Waals surface area (Å²) in [5.41, 5.74) is 1.80. The molecule has 0 radical (unpaired) electrons. The number of piperidine rings is 1. The van der Waals surface area contributed by atoms with Gasteiger partial charge in [0.2, 0.25) is 5.91 Å². The number of methoxy groups -OCH3 is 1. The van der Waals surface area contributed by atoms with Gasteiger partial charge in [0.1, 0.15) is 11.9 Å². The highest BCUT2D eigenvalue weighted by Gasteiger charge is 2.24. The average Bonchev–Trinajstić information content (AvgIpc) is 2.81. The number of halogens is 1. The summed E-state index contributed by atoms with van der Waals surface area (Å²) in [6.07, 6.45) is 5.00. The van der Waals surface area contributed by atoms with Crippen LogP contribution in [0.2, 0.25) is 0 Å². The minimum atomic E-state index is -0.238. The molecule has 3 rings (SSSR count). The van der Waals surface area contributed by atoms with Crippen LogP contribution in [0.25, 0.3) is 6.08 Å². The highest BCUT2D eigenvalue weighted by Crippen LogP contribution is 2.28. The molecule has 1 saturated heterocycles. The highest BCUT2D eigenvalue weighted by molar-refractivity contribution is 5.92. The third kappa shape index (κ3) is 5.76. The smallest absolute Gasteiger partial charge is 0.246 e. The quantitative estimate of drug-likeness (QED) is 0.633. The zero-order chi connectivity index (χ0) is 22.2. The minimum absolute atomic E-state index is 0.0607. The summed E-state index contributed by atoms with van der Waals surface area (Å²) in [6, 6.07) is 13.9. The number of hydrogen-bond acceptors (Lipinski definition) is 5. The van der Waals surface area contributed by atoms with Crippen molar-refractivity contribution in [3.05, 3.63) is 59.9 Å². The molecule has 0 aliphatic carbocycles. The number of carbonyl (C=O) groups excluding carboxylic acids is 1. The molecule has 1 aliphatic rings. The van der Waals surface area contributed by atoms with Crippen molar-refractivity contribution in [2.24, 2.45) is 0 Å². The summed E-state index contributed by atoms with van der Waals surface area (Å²) >= 11 is 0. The van der Waals surface area contributed by atoms with Crippen molar-refractivity contribution in [2.75, 3.05) is 38.8 Å². The Morgan fingerprint density at radius 3 is 2.58 bits per heavy atom. The van der Waals surface area contributed by atoms with Crippen molar-refractivity contribution in [1.29, 1.82) is 5.26 Å². The first kappa shape index (κ1) is 22.2. The monoisotopic (exact) mass is 423 g/mol. The lowest BCUT2D eigenvalue weighted by molar-refractivity contribution is -0.127. The number of likely N-dealkylation sites (N-methyl/N-ethyl adjacent to an activating group) is 1. The summed E-state index contributed by atoms with van der Waals surface area (Å²) in [5.74, 6) is 0.686. The van der Waals surface area contributed by atoms with Crippen molar-refractivity contribution < 1.29 is 18.7 Å². The maximum absolute atomic E-state index is 13.1. The molecule has 1 amide bonds. The first-order chi connectivity index (χ1) is 15.0. The molecule has 2 aromatic rings. The third-order valence-corrected chi connectivity index (χ3v) is 5.45. The van der Waals surface area contributed by atoms with Crippen LogP contribution in [0.3, 0.4) is 0 Å². The molecule has 0 aromatic heterocycles. The fourth-order valence-corrected chi connectivity index (χ4v) is 3.65. The van der Waals surface area contributed by atoms with Gasteiger partial charge in [0.05, 0.1) is 7.11 Å². The van der Waals surface area contributed by atoms with Gasteiger partial charge in [-0.25, -0.2) is 4.39 Å². The van der Waals surface area contributed by atoms with Crippen LogP contribution in [-0.4, -0.2) is 50.7 Å². The van der Waals surface area contributed by atoms with Gasteiger partial charge in [-0.2, -0.15) is 5.26 Å². The number of nitriles is 1. The van der Waals surface area contributed by atoms with Gasteiger partial charge in [-0.3, -0.25) is 4.79 Å². The number of rotatable bonds is 7. The van der Waals surface area contributed by atoms with Crippen LogP contribution in [0.1, 0.15) is 18.4 Å². The second-order valence-corrected chi connectivity index (χ2v) is 7.33. The summed E-state index contributed by atoms with van der Waals surface area (Å²) in [7, 11) is 3.35. The summed E-state index contributed by atoms with van der Waals surface area (Å²) in [5, 5.41) is 8.65. The number of carbonyl (C=O) groups is 1. The second kappa shape index (κ2) is 10.5. The number of ether oxygens (including phenoxy) is 2. The Labute approximate surface area is 182 Å². The van der Waals surface area contributed by atoms with Crippen LogP contribution in [0.15, 0.2) is 48.5 Å². The fraction of sp³-hybridized carbons (Fsp3) is 0.333. The molecular weight excluding hydrogens is 397 g/mol. The van der Waals surface area contributed by atoms with Crippen LogP contribution in [0, 0.1) is 17.1 Å². The van der Waals surface area contributed by atoms with E-state index in [0.29, 0.717) is 11.5 Å². The molecule has 0 bridgehead atoms. The van der Waals surface area contributed by atoms with Crippen molar-refractivity contribution in [3.63, 3.8) is 0 Å². The Kier molecular flexibility index (Phi) is 7.50. The molecule has 31 heavy (non-hydrogen) atoms. The molecular formula is C24H26FN3O3. The highest BCUT2D eigenvalue weighted by atomic mass is 19.1. The van der Waals surface area contributed by atoms with E-state index in [1.165, 1.54) is 19.2 Å². The van der Waals surface area contributed by atoms with Gasteiger partial charge in [-0.15, -0.1) is 0 Å². The number of amides is 1. The molecule has 1 heterocycles. The SMILES string of the molecule is COc1cc(/C=C/C(=O)N(C)C2CCN(c3ccc(F)cc3)CC2)ccc1OCC#N. The van der Waals surface area contributed by atoms with E-state index in [1.54, 1.807) is 47.4 Å². The van der Waals surface area contributed by atoms with Gasteiger partial charge in [0.25, 0.3) is 0 Å². The van der Waals surface area contributed by atoms with E-state index < -0.39 is 0 Å². The molecule has 7 heteroatoms. The lowest BCUT2D eigenvalue weighted by Gasteiger charge is -2.37. The van der Waals surface area contributed by atoms with Crippen molar-refractivity contribution in [3.8, 4) is 17.6 Å². The third-order valence-electron chi connectivity index (χ3n) is 5.45. The van der Waals surface area contributed by atoms with Crippen molar-refractivity contribution in [1.82, 2.24) is 4.90 Å². The zero-order valence-corrected chi connectivity index (χ0v) is 17.8. The number of benzene rings is 2. The molecule has 0 saturated carbocycles. The number of anilines is 1. The van der Waals surface area contributed by atoms with Gasteiger partial charge in [-0.1, -0.05) is 6.07 Å². The maximum atomic E-state index is 13.1. The minimum Gasteiger partial charge on any atom is -0.493 e. The van der Waals surface area contributed by atoms with Crippen LogP contribution >= 0.6 is 0 Å². The van der Waals surface area contributed by atoms with Crippen LogP contribution in [-0.2, 0) is 4.79 Å². The van der Waals surface area contributed by atoms with E-state index >= 15 is 0 Å².